The second-order valence-corrected chi connectivity index (χ2v) is 19.5. The fourth-order valence-corrected chi connectivity index (χ4v) is 11.4. The van der Waals surface area contributed by atoms with Crippen LogP contribution in [0.5, 0.6) is 11.5 Å². The smallest absolute Gasteiger partial charge is 0.329 e. The number of urea groups is 1. The summed E-state index contributed by atoms with van der Waals surface area (Å²) in [7, 11) is 3.17. The quantitative estimate of drug-likeness (QED) is 0.0933. The van der Waals surface area contributed by atoms with Crippen LogP contribution in [0.1, 0.15) is 90.8 Å². The minimum Gasteiger partial charge on any atom is -0.494 e. The Kier molecular flexibility index (Phi) is 12.9. The number of nitrogens with two attached hydrogens (primary N) is 1. The van der Waals surface area contributed by atoms with Gasteiger partial charge in [0.1, 0.15) is 11.6 Å². The Labute approximate surface area is 414 Å². The van der Waals surface area contributed by atoms with Crippen molar-refractivity contribution in [3.05, 3.63) is 130 Å². The second-order valence-electron chi connectivity index (χ2n) is 19.1. The van der Waals surface area contributed by atoms with Crippen LogP contribution in [0.25, 0.3) is 22.0 Å². The molecule has 14 nitrogen and oxygen atoms in total. The molecule has 3 fully saturated rings. The molecule has 1 aliphatic carbocycles. The predicted octanol–water partition coefficient (Wildman–Crippen LogP) is 9.29. The van der Waals surface area contributed by atoms with Gasteiger partial charge in [0.25, 0.3) is 0 Å². The molecule has 2 saturated heterocycles. The van der Waals surface area contributed by atoms with Crippen molar-refractivity contribution >= 4 is 63.4 Å². The predicted molar refractivity (Wildman–Crippen MR) is 268 cm³/mol. The van der Waals surface area contributed by atoms with E-state index in [0.717, 1.165) is 66.6 Å². The molecular formula is C54H55ClF2N8O6. The highest BCUT2D eigenvalue weighted by Gasteiger charge is 2.50. The third-order valence-corrected chi connectivity index (χ3v) is 15.5. The van der Waals surface area contributed by atoms with Gasteiger partial charge in [-0.05, 0) is 104 Å². The molecule has 1 aromatic heterocycles. The van der Waals surface area contributed by atoms with Crippen molar-refractivity contribution in [2.24, 2.45) is 18.7 Å². The van der Waals surface area contributed by atoms with E-state index in [1.807, 2.05) is 62.5 Å². The lowest BCUT2D eigenvalue weighted by atomic mass is 9.77. The summed E-state index contributed by atoms with van der Waals surface area (Å²) in [5.74, 6) is -2.69. The monoisotopic (exact) mass is 984 g/mol. The van der Waals surface area contributed by atoms with Gasteiger partial charge in [-0.2, -0.15) is 5.10 Å². The molecule has 1 saturated carbocycles. The van der Waals surface area contributed by atoms with E-state index >= 15 is 8.78 Å². The van der Waals surface area contributed by atoms with Crippen molar-refractivity contribution in [3.8, 4) is 22.6 Å². The number of rotatable bonds is 12. The number of hydrogen-bond donors (Lipinski definition) is 4. The summed E-state index contributed by atoms with van der Waals surface area (Å²) >= 11 is 6.69. The molecule has 5 aromatic carbocycles. The Morgan fingerprint density at radius 3 is 2.35 bits per heavy atom. The highest BCUT2D eigenvalue weighted by atomic mass is 35.5. The molecule has 4 aliphatic rings. The summed E-state index contributed by atoms with van der Waals surface area (Å²) in [5.41, 5.74) is 9.48. The number of ether oxygens (including phenoxy) is 2. The number of amides is 5. The van der Waals surface area contributed by atoms with E-state index in [1.165, 1.54) is 35.8 Å². The number of hydrogen-bond acceptors (Lipinski definition) is 9. The number of aromatic nitrogens is 2. The first-order valence-corrected chi connectivity index (χ1v) is 24.5. The SMILES string of the molecule is COc1ccc(C(N)=O)c(-c2c(Cl)c(F)cc3c2[C@H](C)[C@@](CNC2CCC(C(=O)Nc4ccc(N5CCC(c6ccc7c(N8CCC(=O)NC8=O)nn(C)c7c6)CC5)cc4)CC2)(c2ccccc2)O3)c1F. The number of nitrogens with one attached hydrogen (secondary N) is 3. The topological polar surface area (TPSA) is 173 Å². The van der Waals surface area contributed by atoms with E-state index in [-0.39, 0.29) is 63.4 Å². The average Bonchev–Trinajstić information content (AvgIpc) is 3.86. The van der Waals surface area contributed by atoms with Crippen molar-refractivity contribution in [2.45, 2.75) is 75.3 Å². The molecule has 4 heterocycles. The summed E-state index contributed by atoms with van der Waals surface area (Å²) < 4.78 is 45.8. The number of nitrogens with zero attached hydrogens (tertiary/aromatic N) is 4. The first kappa shape index (κ1) is 47.6. The normalized spacial score (nSPS) is 21.5. The average molecular weight is 986 g/mol. The van der Waals surface area contributed by atoms with Crippen LogP contribution in [-0.2, 0) is 22.2 Å². The number of fused-ring (bicyclic) bond motifs is 2. The van der Waals surface area contributed by atoms with Crippen LogP contribution in [0.4, 0.5) is 30.8 Å². The van der Waals surface area contributed by atoms with Crippen molar-refractivity contribution in [1.29, 1.82) is 0 Å². The number of piperidine rings is 1. The van der Waals surface area contributed by atoms with Crippen LogP contribution < -0.4 is 41.0 Å². The summed E-state index contributed by atoms with van der Waals surface area (Å²) in [6.45, 7) is 4.28. The number of carbonyl (C=O) groups is 4. The summed E-state index contributed by atoms with van der Waals surface area (Å²) in [6.07, 6.45) is 4.99. The van der Waals surface area contributed by atoms with Crippen LogP contribution in [0.3, 0.4) is 0 Å². The molecule has 71 heavy (non-hydrogen) atoms. The summed E-state index contributed by atoms with van der Waals surface area (Å²) in [5, 5.41) is 14.4. The van der Waals surface area contributed by atoms with Crippen molar-refractivity contribution in [2.75, 3.05) is 48.4 Å². The number of benzene rings is 5. The van der Waals surface area contributed by atoms with Gasteiger partial charge >= 0.3 is 6.03 Å². The van der Waals surface area contributed by atoms with Gasteiger partial charge in [-0.3, -0.25) is 29.3 Å². The minimum absolute atomic E-state index is 0.0142. The number of halogens is 3. The first-order chi connectivity index (χ1) is 34.2. The highest BCUT2D eigenvalue weighted by Crippen LogP contribution is 2.56. The molecule has 17 heteroatoms. The summed E-state index contributed by atoms with van der Waals surface area (Å²) in [4.78, 5) is 54.5. The number of primary amides is 1. The maximum Gasteiger partial charge on any atom is 0.329 e. The molecule has 0 bridgehead atoms. The van der Waals surface area contributed by atoms with Gasteiger partial charge < -0.3 is 30.7 Å². The van der Waals surface area contributed by atoms with Gasteiger partial charge in [0.2, 0.25) is 17.7 Å². The lowest BCUT2D eigenvalue weighted by Crippen LogP contribution is -2.49. The van der Waals surface area contributed by atoms with E-state index in [4.69, 9.17) is 26.8 Å². The third-order valence-electron chi connectivity index (χ3n) is 15.1. The molecule has 10 rings (SSSR count). The third kappa shape index (κ3) is 8.81. The van der Waals surface area contributed by atoms with E-state index in [1.54, 1.807) is 4.68 Å². The van der Waals surface area contributed by atoms with Crippen molar-refractivity contribution < 1.29 is 37.4 Å². The van der Waals surface area contributed by atoms with E-state index in [2.05, 4.69) is 50.2 Å². The molecule has 5 amide bonds. The number of anilines is 3. The molecule has 0 radical (unpaired) electrons. The Balaban J connectivity index is 0.756. The molecule has 3 aliphatic heterocycles. The van der Waals surface area contributed by atoms with Gasteiger partial charge in [-0.15, -0.1) is 0 Å². The zero-order valence-corrected chi connectivity index (χ0v) is 40.5. The zero-order chi connectivity index (χ0) is 49.7. The highest BCUT2D eigenvalue weighted by molar-refractivity contribution is 6.34. The lowest BCUT2D eigenvalue weighted by Gasteiger charge is -2.37. The van der Waals surface area contributed by atoms with Crippen LogP contribution in [0.15, 0.2) is 91.0 Å². The molecule has 368 valence electrons. The largest absolute Gasteiger partial charge is 0.494 e. The Hall–Kier alpha value is -7.04. The minimum atomic E-state index is -1.09. The maximum atomic E-state index is 16.2. The van der Waals surface area contributed by atoms with Gasteiger partial charge in [-0.25, -0.2) is 13.6 Å². The van der Waals surface area contributed by atoms with E-state index < -0.39 is 35.1 Å². The Morgan fingerprint density at radius 2 is 1.66 bits per heavy atom. The Morgan fingerprint density at radius 1 is 0.930 bits per heavy atom. The van der Waals surface area contributed by atoms with Crippen LogP contribution >= 0.6 is 11.6 Å². The molecule has 2 atom stereocenters. The molecule has 6 aromatic rings. The molecule has 0 unspecified atom stereocenters. The standard InChI is InChI=1S/C54H55ClF2N8O6/c1-30-45-43(28-40(56)48(55)47(45)46-39(50(58)67)19-20-42(70-3)49(46)57)71-54(30,34-7-5-4-6-8-34)29-59-35-12-9-32(10-13-35)52(68)60-36-14-16-37(17-15-36)64-24-21-31(22-25-64)33-11-18-38-41(27-33)63(2)62-51(38)65-26-23-44(66)61-53(65)69/h4-8,11,14-20,27-28,30-32,35,59H,9-10,12-13,21-26,29H2,1-3H3,(H2,58,67)(H,60,68)(H,61,66,69)/t30-,32?,35?,54-/m0/s1. The van der Waals surface area contributed by atoms with Crippen molar-refractivity contribution in [1.82, 2.24) is 20.4 Å². The van der Waals surface area contributed by atoms with Gasteiger partial charge in [0.05, 0.1) is 23.2 Å². The Bertz CT molecular complexity index is 3060. The number of imide groups is 1. The summed E-state index contributed by atoms with van der Waals surface area (Å²) in [6, 6.07) is 27.4. The van der Waals surface area contributed by atoms with Gasteiger partial charge in [-0.1, -0.05) is 54.9 Å². The van der Waals surface area contributed by atoms with Crippen LogP contribution in [-0.4, -0.2) is 72.9 Å². The zero-order valence-electron chi connectivity index (χ0n) is 39.7. The maximum absolute atomic E-state index is 16.2. The first-order valence-electron chi connectivity index (χ1n) is 24.1. The van der Waals surface area contributed by atoms with Gasteiger partial charge in [0, 0.05) is 97.0 Å². The lowest BCUT2D eigenvalue weighted by molar-refractivity contribution is -0.121. The van der Waals surface area contributed by atoms with Crippen LogP contribution in [0, 0.1) is 17.6 Å². The van der Waals surface area contributed by atoms with Crippen LogP contribution in [0.2, 0.25) is 5.02 Å². The number of aryl methyl sites for hydroxylation is 1. The second kappa shape index (κ2) is 19.3. The molecular weight excluding hydrogens is 930 g/mol. The van der Waals surface area contributed by atoms with Gasteiger partial charge in [0.15, 0.2) is 23.0 Å². The number of methoxy groups -OCH3 is 1. The fourth-order valence-electron chi connectivity index (χ4n) is 11.2. The fraction of sp³-hybridized carbons (Fsp3) is 0.352. The molecule has 0 spiro atoms. The van der Waals surface area contributed by atoms with Crippen molar-refractivity contribution in [3.63, 3.8) is 0 Å². The van der Waals surface area contributed by atoms with E-state index in [9.17, 15) is 19.2 Å². The number of carbonyl (C=O) groups excluding carboxylic acids is 4. The molecule has 5 N–H and O–H groups in total. The van der Waals surface area contributed by atoms with E-state index in [0.29, 0.717) is 43.2 Å².